The lowest BCUT2D eigenvalue weighted by Crippen LogP contribution is -2.22. The van der Waals surface area contributed by atoms with Crippen molar-refractivity contribution in [2.24, 2.45) is 10.9 Å². The molecule has 0 aromatic heterocycles. The molecule has 2 aromatic carbocycles. The minimum Gasteiger partial charge on any atom is -0.409 e. The van der Waals surface area contributed by atoms with Gasteiger partial charge in [0, 0.05) is 29.9 Å². The quantitative estimate of drug-likeness (QED) is 0.394. The number of rotatable bonds is 4. The molecular formula is C16H18ClN3O. The molecule has 21 heavy (non-hydrogen) atoms. The Bertz CT molecular complexity index is 653. The minimum atomic E-state index is 0.105. The van der Waals surface area contributed by atoms with Crippen molar-refractivity contribution in [1.82, 2.24) is 0 Å². The summed E-state index contributed by atoms with van der Waals surface area (Å²) in [6.07, 6.45) is 0. The zero-order valence-corrected chi connectivity index (χ0v) is 12.8. The van der Waals surface area contributed by atoms with Gasteiger partial charge in [-0.3, -0.25) is 0 Å². The molecule has 0 aliphatic heterocycles. The van der Waals surface area contributed by atoms with Crippen LogP contribution in [0.2, 0.25) is 5.02 Å². The predicted molar refractivity (Wildman–Crippen MR) is 87.2 cm³/mol. The summed E-state index contributed by atoms with van der Waals surface area (Å²) in [7, 11) is 1.97. The van der Waals surface area contributed by atoms with Gasteiger partial charge in [-0.1, -0.05) is 35.0 Å². The van der Waals surface area contributed by atoms with Gasteiger partial charge < -0.3 is 15.8 Å². The van der Waals surface area contributed by atoms with Crippen LogP contribution in [0.3, 0.4) is 0 Å². The summed E-state index contributed by atoms with van der Waals surface area (Å²) >= 11 is 5.90. The highest BCUT2D eigenvalue weighted by Gasteiger charge is 2.12. The van der Waals surface area contributed by atoms with Gasteiger partial charge in [-0.2, -0.15) is 0 Å². The van der Waals surface area contributed by atoms with Crippen LogP contribution in [0.15, 0.2) is 47.6 Å². The third-order valence-corrected chi connectivity index (χ3v) is 3.53. The molecule has 5 heteroatoms. The van der Waals surface area contributed by atoms with Gasteiger partial charge in [-0.25, -0.2) is 0 Å². The topological polar surface area (TPSA) is 61.9 Å². The second-order valence-electron chi connectivity index (χ2n) is 4.99. The number of nitrogens with two attached hydrogens (primary N) is 1. The molecule has 110 valence electrons. The molecule has 2 aromatic rings. The van der Waals surface area contributed by atoms with Gasteiger partial charge in [0.05, 0.1) is 0 Å². The molecule has 0 unspecified atom stereocenters. The van der Waals surface area contributed by atoms with E-state index in [2.05, 4.69) is 10.1 Å². The molecule has 4 nitrogen and oxygen atoms in total. The molecule has 3 N–H and O–H groups in total. The highest BCUT2D eigenvalue weighted by atomic mass is 35.5. The van der Waals surface area contributed by atoms with Crippen LogP contribution in [0.1, 0.15) is 16.7 Å². The summed E-state index contributed by atoms with van der Waals surface area (Å²) in [5, 5.41) is 12.7. The maximum absolute atomic E-state index is 8.91. The number of hydrogen-bond acceptors (Lipinski definition) is 3. The van der Waals surface area contributed by atoms with Gasteiger partial charge in [0.2, 0.25) is 0 Å². The van der Waals surface area contributed by atoms with Gasteiger partial charge in [0.1, 0.15) is 0 Å². The standard InChI is InChI=1S/C16H18ClN3O/c1-11-3-8-14(16(18)19-21)15(9-11)20(2)10-12-4-6-13(17)7-5-12/h3-9,21H,10H2,1-2H3,(H2,18,19). The number of halogens is 1. The molecule has 0 bridgehead atoms. The van der Waals surface area contributed by atoms with E-state index in [1.54, 1.807) is 0 Å². The Labute approximate surface area is 129 Å². The van der Waals surface area contributed by atoms with E-state index in [1.165, 1.54) is 0 Å². The minimum absolute atomic E-state index is 0.105. The van der Waals surface area contributed by atoms with Crippen molar-refractivity contribution < 1.29 is 5.21 Å². The molecule has 0 spiro atoms. The van der Waals surface area contributed by atoms with E-state index in [1.807, 2.05) is 56.4 Å². The van der Waals surface area contributed by atoms with Crippen molar-refractivity contribution in [2.75, 3.05) is 11.9 Å². The molecule has 0 saturated heterocycles. The van der Waals surface area contributed by atoms with Crippen LogP contribution in [0.25, 0.3) is 0 Å². The smallest absolute Gasteiger partial charge is 0.172 e. The first-order valence-corrected chi connectivity index (χ1v) is 6.93. The number of hydrogen-bond donors (Lipinski definition) is 2. The first kappa shape index (κ1) is 15.2. The Morgan fingerprint density at radius 3 is 2.52 bits per heavy atom. The molecule has 0 fully saturated rings. The molecule has 0 heterocycles. The largest absolute Gasteiger partial charge is 0.409 e. The first-order valence-electron chi connectivity index (χ1n) is 6.55. The third-order valence-electron chi connectivity index (χ3n) is 3.28. The first-order chi connectivity index (χ1) is 10.0. The van der Waals surface area contributed by atoms with Crippen LogP contribution >= 0.6 is 11.6 Å². The summed E-state index contributed by atoms with van der Waals surface area (Å²) in [6, 6.07) is 13.5. The van der Waals surface area contributed by atoms with E-state index in [4.69, 9.17) is 22.5 Å². The molecule has 0 amide bonds. The van der Waals surface area contributed by atoms with Crippen molar-refractivity contribution in [3.8, 4) is 0 Å². The van der Waals surface area contributed by atoms with E-state index < -0.39 is 0 Å². The number of oxime groups is 1. The van der Waals surface area contributed by atoms with E-state index in [9.17, 15) is 0 Å². The maximum Gasteiger partial charge on any atom is 0.172 e. The van der Waals surface area contributed by atoms with Crippen LogP contribution in [-0.4, -0.2) is 18.1 Å². The van der Waals surface area contributed by atoms with Crippen LogP contribution in [0.4, 0.5) is 5.69 Å². The normalized spacial score (nSPS) is 11.5. The van der Waals surface area contributed by atoms with E-state index >= 15 is 0 Å². The summed E-state index contributed by atoms with van der Waals surface area (Å²) in [5.74, 6) is 0.105. The number of amidine groups is 1. The van der Waals surface area contributed by atoms with Gasteiger partial charge in [-0.05, 0) is 42.3 Å². The summed E-state index contributed by atoms with van der Waals surface area (Å²) < 4.78 is 0. The second kappa shape index (κ2) is 6.50. The van der Waals surface area contributed by atoms with Crippen molar-refractivity contribution in [3.63, 3.8) is 0 Å². The predicted octanol–water partition coefficient (Wildman–Crippen LogP) is 3.38. The molecule has 0 saturated carbocycles. The van der Waals surface area contributed by atoms with E-state index in [0.717, 1.165) is 16.8 Å². The SMILES string of the molecule is Cc1ccc(C(N)=NO)c(N(C)Cc2ccc(Cl)cc2)c1. The third kappa shape index (κ3) is 3.67. The second-order valence-corrected chi connectivity index (χ2v) is 5.42. The lowest BCUT2D eigenvalue weighted by Gasteiger charge is -2.23. The Hall–Kier alpha value is -2.20. The zero-order chi connectivity index (χ0) is 15.4. The van der Waals surface area contributed by atoms with E-state index in [0.29, 0.717) is 17.1 Å². The Kier molecular flexibility index (Phi) is 4.70. The summed E-state index contributed by atoms with van der Waals surface area (Å²) in [6.45, 7) is 2.71. The molecule has 0 aliphatic carbocycles. The molecule has 2 rings (SSSR count). The maximum atomic E-state index is 8.91. The number of nitrogens with zero attached hydrogens (tertiary/aromatic N) is 2. The monoisotopic (exact) mass is 303 g/mol. The van der Waals surface area contributed by atoms with Crippen LogP contribution in [0, 0.1) is 6.92 Å². The van der Waals surface area contributed by atoms with Crippen molar-refractivity contribution in [1.29, 1.82) is 0 Å². The fourth-order valence-corrected chi connectivity index (χ4v) is 2.30. The zero-order valence-electron chi connectivity index (χ0n) is 12.0. The molecular weight excluding hydrogens is 286 g/mol. The lowest BCUT2D eigenvalue weighted by atomic mass is 10.1. The van der Waals surface area contributed by atoms with Crippen molar-refractivity contribution >= 4 is 23.1 Å². The lowest BCUT2D eigenvalue weighted by molar-refractivity contribution is 0.318. The fraction of sp³-hybridized carbons (Fsp3) is 0.188. The Morgan fingerprint density at radius 1 is 1.24 bits per heavy atom. The number of benzene rings is 2. The summed E-state index contributed by atoms with van der Waals surface area (Å²) in [5.41, 5.74) is 9.62. The molecule has 0 atom stereocenters. The molecule has 0 aliphatic rings. The number of anilines is 1. The number of aryl methyl sites for hydroxylation is 1. The van der Waals surface area contributed by atoms with Crippen LogP contribution in [0.5, 0.6) is 0 Å². The van der Waals surface area contributed by atoms with Gasteiger partial charge >= 0.3 is 0 Å². The van der Waals surface area contributed by atoms with Crippen LogP contribution < -0.4 is 10.6 Å². The van der Waals surface area contributed by atoms with Gasteiger partial charge in [0.15, 0.2) is 5.84 Å². The fourth-order valence-electron chi connectivity index (χ4n) is 2.18. The Balaban J connectivity index is 2.31. The van der Waals surface area contributed by atoms with Crippen LogP contribution in [-0.2, 0) is 6.54 Å². The van der Waals surface area contributed by atoms with Crippen molar-refractivity contribution in [3.05, 3.63) is 64.2 Å². The van der Waals surface area contributed by atoms with Gasteiger partial charge in [-0.15, -0.1) is 0 Å². The highest BCUT2D eigenvalue weighted by molar-refractivity contribution is 6.30. The average molecular weight is 304 g/mol. The van der Waals surface area contributed by atoms with Crippen molar-refractivity contribution in [2.45, 2.75) is 13.5 Å². The Morgan fingerprint density at radius 2 is 1.90 bits per heavy atom. The summed E-state index contributed by atoms with van der Waals surface area (Å²) in [4.78, 5) is 2.06. The average Bonchev–Trinajstić information content (AvgIpc) is 2.48. The molecule has 0 radical (unpaired) electrons. The van der Waals surface area contributed by atoms with E-state index in [-0.39, 0.29) is 5.84 Å². The highest BCUT2D eigenvalue weighted by Crippen LogP contribution is 2.23. The van der Waals surface area contributed by atoms with Gasteiger partial charge in [0.25, 0.3) is 0 Å².